The largest absolute Gasteiger partial charge is 0.461 e. The van der Waals surface area contributed by atoms with Crippen molar-refractivity contribution in [2.24, 2.45) is 0 Å². The van der Waals surface area contributed by atoms with Gasteiger partial charge in [-0.25, -0.2) is 18.3 Å². The zero-order chi connectivity index (χ0) is 13.8. The van der Waals surface area contributed by atoms with Crippen molar-refractivity contribution < 1.29 is 22.8 Å². The second kappa shape index (κ2) is 5.50. The van der Waals surface area contributed by atoms with Gasteiger partial charge in [0.1, 0.15) is 12.2 Å². The second-order valence-corrected chi connectivity index (χ2v) is 3.34. The molecule has 0 aliphatic rings. The summed E-state index contributed by atoms with van der Waals surface area (Å²) in [6.45, 7) is 1.41. The maximum atomic E-state index is 13.0. The first-order chi connectivity index (χ1) is 9.13. The molecule has 0 radical (unpaired) electrons. The molecule has 0 atom stereocenters. The van der Waals surface area contributed by atoms with Crippen LogP contribution in [0.15, 0.2) is 10.9 Å². The van der Waals surface area contributed by atoms with Gasteiger partial charge < -0.3 is 9.26 Å². The molecule has 0 unspecified atom stereocenters. The third-order valence-electron chi connectivity index (χ3n) is 2.14. The van der Waals surface area contributed by atoms with Gasteiger partial charge in [0.15, 0.2) is 12.0 Å². The van der Waals surface area contributed by atoms with Crippen molar-refractivity contribution in [3.63, 3.8) is 0 Å². The van der Waals surface area contributed by atoms with Gasteiger partial charge in [0.25, 0.3) is 6.43 Å². The van der Waals surface area contributed by atoms with Crippen molar-refractivity contribution in [2.45, 2.75) is 19.9 Å². The molecular formula is C9H9F2N5O3. The third kappa shape index (κ3) is 2.72. The van der Waals surface area contributed by atoms with Crippen LogP contribution in [0.1, 0.15) is 35.4 Å². The van der Waals surface area contributed by atoms with Crippen LogP contribution in [-0.4, -0.2) is 37.7 Å². The second-order valence-electron chi connectivity index (χ2n) is 3.34. The summed E-state index contributed by atoms with van der Waals surface area (Å²) in [7, 11) is 0. The lowest BCUT2D eigenvalue weighted by molar-refractivity contribution is 0.0506. The Balaban J connectivity index is 2.31. The first-order valence-electron chi connectivity index (χ1n) is 5.27. The van der Waals surface area contributed by atoms with Crippen molar-refractivity contribution in [2.75, 3.05) is 6.61 Å². The Labute approximate surface area is 105 Å². The van der Waals surface area contributed by atoms with Gasteiger partial charge in [0.2, 0.25) is 5.89 Å². The molecular weight excluding hydrogens is 264 g/mol. The molecule has 0 N–H and O–H groups in total. The number of hydrogen-bond acceptors (Lipinski definition) is 7. The number of rotatable bonds is 5. The molecule has 0 amide bonds. The number of ether oxygens (including phenoxy) is 1. The molecule has 0 saturated heterocycles. The van der Waals surface area contributed by atoms with E-state index in [1.165, 1.54) is 0 Å². The Morgan fingerprint density at radius 1 is 1.58 bits per heavy atom. The maximum Gasteiger partial charge on any atom is 0.361 e. The molecule has 102 valence electrons. The molecule has 0 bridgehead atoms. The van der Waals surface area contributed by atoms with E-state index in [9.17, 15) is 13.6 Å². The highest BCUT2D eigenvalue weighted by molar-refractivity contribution is 5.88. The van der Waals surface area contributed by atoms with Gasteiger partial charge in [-0.15, -0.1) is 5.10 Å². The van der Waals surface area contributed by atoms with Crippen molar-refractivity contribution in [1.29, 1.82) is 0 Å². The minimum absolute atomic E-state index is 0.0536. The fourth-order valence-electron chi connectivity index (χ4n) is 1.39. The average molecular weight is 273 g/mol. The van der Waals surface area contributed by atoms with Crippen LogP contribution < -0.4 is 0 Å². The predicted octanol–water partition coefficient (Wildman–Crippen LogP) is 0.824. The van der Waals surface area contributed by atoms with Crippen molar-refractivity contribution in [3.05, 3.63) is 23.6 Å². The lowest BCUT2D eigenvalue weighted by Gasteiger charge is -2.04. The monoisotopic (exact) mass is 273 g/mol. The van der Waals surface area contributed by atoms with Crippen LogP contribution in [0.2, 0.25) is 0 Å². The Hall–Kier alpha value is -2.39. The summed E-state index contributed by atoms with van der Waals surface area (Å²) in [5.41, 5.74) is -1.16. The number of alkyl halides is 2. The molecule has 0 fully saturated rings. The molecule has 0 aliphatic carbocycles. The van der Waals surface area contributed by atoms with E-state index in [-0.39, 0.29) is 19.0 Å². The normalized spacial score (nSPS) is 10.9. The number of aromatic nitrogens is 5. The summed E-state index contributed by atoms with van der Waals surface area (Å²) < 4.78 is 36.1. The van der Waals surface area contributed by atoms with Crippen molar-refractivity contribution in [1.82, 2.24) is 25.1 Å². The van der Waals surface area contributed by atoms with Crippen molar-refractivity contribution in [3.8, 4) is 0 Å². The number of halogens is 2. The van der Waals surface area contributed by atoms with Gasteiger partial charge in [0, 0.05) is 0 Å². The summed E-state index contributed by atoms with van der Waals surface area (Å²) in [4.78, 5) is 15.1. The van der Waals surface area contributed by atoms with Gasteiger partial charge in [-0.2, -0.15) is 4.98 Å². The van der Waals surface area contributed by atoms with Crippen LogP contribution in [0.4, 0.5) is 8.78 Å². The molecule has 2 aromatic heterocycles. The predicted molar refractivity (Wildman–Crippen MR) is 54.3 cm³/mol. The van der Waals surface area contributed by atoms with E-state index < -0.39 is 23.8 Å². The van der Waals surface area contributed by atoms with Gasteiger partial charge in [-0.1, -0.05) is 10.4 Å². The SMILES string of the molecule is CCOC(=O)c1nnn(Cc2ncno2)c1C(F)F. The van der Waals surface area contributed by atoms with E-state index in [2.05, 4.69) is 29.7 Å². The molecule has 10 heteroatoms. The first-order valence-corrected chi connectivity index (χ1v) is 5.27. The molecule has 0 spiro atoms. The van der Waals surface area contributed by atoms with E-state index >= 15 is 0 Å². The van der Waals surface area contributed by atoms with E-state index in [0.29, 0.717) is 0 Å². The molecule has 19 heavy (non-hydrogen) atoms. The lowest BCUT2D eigenvalue weighted by Crippen LogP contribution is -2.12. The van der Waals surface area contributed by atoms with Crippen LogP contribution >= 0.6 is 0 Å². The lowest BCUT2D eigenvalue weighted by atomic mass is 10.3. The highest BCUT2D eigenvalue weighted by Gasteiger charge is 2.28. The number of carbonyl (C=O) groups excluding carboxylic acids is 1. The zero-order valence-electron chi connectivity index (χ0n) is 9.79. The molecule has 2 rings (SSSR count). The standard InChI is InChI=1S/C9H9F2N5O3/c1-2-18-9(17)6-7(8(10)11)16(15-14-6)3-5-12-4-13-19-5/h4,8H,2-3H2,1H3. The highest BCUT2D eigenvalue weighted by Crippen LogP contribution is 2.22. The van der Waals surface area contributed by atoms with Crippen LogP contribution in [-0.2, 0) is 11.3 Å². The van der Waals surface area contributed by atoms with E-state index in [1.54, 1.807) is 6.92 Å². The highest BCUT2D eigenvalue weighted by atomic mass is 19.3. The van der Waals surface area contributed by atoms with Crippen LogP contribution in [0.5, 0.6) is 0 Å². The number of hydrogen-bond donors (Lipinski definition) is 0. The Kier molecular flexibility index (Phi) is 3.78. The summed E-state index contributed by atoms with van der Waals surface area (Å²) in [6, 6.07) is 0. The fourth-order valence-corrected chi connectivity index (χ4v) is 1.39. The third-order valence-corrected chi connectivity index (χ3v) is 2.14. The minimum atomic E-state index is -2.93. The maximum absolute atomic E-state index is 13.0. The van der Waals surface area contributed by atoms with E-state index in [1.807, 2.05) is 0 Å². The summed E-state index contributed by atoms with van der Waals surface area (Å²) >= 11 is 0. The zero-order valence-corrected chi connectivity index (χ0v) is 9.79. The molecule has 2 aromatic rings. The van der Waals surface area contributed by atoms with Crippen LogP contribution in [0, 0.1) is 0 Å². The Morgan fingerprint density at radius 2 is 2.37 bits per heavy atom. The molecule has 0 aromatic carbocycles. The Bertz CT molecular complexity index is 554. The molecule has 0 aliphatic heterocycles. The quantitative estimate of drug-likeness (QED) is 0.744. The average Bonchev–Trinajstić information content (AvgIpc) is 2.99. The van der Waals surface area contributed by atoms with Crippen LogP contribution in [0.3, 0.4) is 0 Å². The van der Waals surface area contributed by atoms with Gasteiger partial charge in [0.05, 0.1) is 6.61 Å². The molecule has 0 saturated carbocycles. The van der Waals surface area contributed by atoms with Gasteiger partial charge in [-0.3, -0.25) is 0 Å². The Morgan fingerprint density at radius 3 is 2.95 bits per heavy atom. The van der Waals surface area contributed by atoms with Crippen LogP contribution in [0.25, 0.3) is 0 Å². The van der Waals surface area contributed by atoms with E-state index in [4.69, 9.17) is 0 Å². The van der Waals surface area contributed by atoms with E-state index in [0.717, 1.165) is 11.0 Å². The fraction of sp³-hybridized carbons (Fsp3) is 0.444. The molecule has 2 heterocycles. The summed E-state index contributed by atoms with van der Waals surface area (Å²) in [6.07, 6.45) is -1.81. The molecule has 8 nitrogen and oxygen atoms in total. The van der Waals surface area contributed by atoms with Crippen molar-refractivity contribution >= 4 is 5.97 Å². The summed E-state index contributed by atoms with van der Waals surface area (Å²) in [5.74, 6) is -0.878. The number of nitrogens with zero attached hydrogens (tertiary/aromatic N) is 5. The summed E-state index contributed by atoms with van der Waals surface area (Å²) in [5, 5.41) is 10.2. The minimum Gasteiger partial charge on any atom is -0.461 e. The van der Waals surface area contributed by atoms with Gasteiger partial charge in [-0.05, 0) is 6.92 Å². The number of esters is 1. The smallest absolute Gasteiger partial charge is 0.361 e. The topological polar surface area (TPSA) is 95.9 Å². The van der Waals surface area contributed by atoms with Gasteiger partial charge >= 0.3 is 5.97 Å². The first kappa shape index (κ1) is 13.1. The number of carbonyl (C=O) groups is 1.